The number of hydrogen-bond donors (Lipinski definition) is 5. The summed E-state index contributed by atoms with van der Waals surface area (Å²) in [6.07, 6.45) is 20.7. The van der Waals surface area contributed by atoms with Crippen molar-refractivity contribution >= 4 is 23.5 Å². The third-order valence-corrected chi connectivity index (χ3v) is 13.0. The topological polar surface area (TPSA) is 163 Å². The summed E-state index contributed by atoms with van der Waals surface area (Å²) in [7, 11) is 0. The van der Waals surface area contributed by atoms with Crippen molar-refractivity contribution in [3.05, 3.63) is 60.2 Å². The number of esters is 2. The molecule has 0 heterocycles. The second-order valence-corrected chi connectivity index (χ2v) is 18.6. The lowest BCUT2D eigenvalue weighted by Crippen LogP contribution is -2.26. The molecule has 4 rings (SSSR count). The van der Waals surface area contributed by atoms with Crippen molar-refractivity contribution in [3.8, 4) is 0 Å². The van der Waals surface area contributed by atoms with Gasteiger partial charge in [-0.05, 0) is 153 Å². The summed E-state index contributed by atoms with van der Waals surface area (Å²) in [6, 6.07) is 10.1. The maximum absolute atomic E-state index is 11.5. The maximum Gasteiger partial charge on any atom is 0.332 e. The van der Waals surface area contributed by atoms with Crippen LogP contribution in [0.2, 0.25) is 0 Å². The summed E-state index contributed by atoms with van der Waals surface area (Å²) in [6.45, 7) is 7.60. The second-order valence-electron chi connectivity index (χ2n) is 18.0. The minimum atomic E-state index is -0.513. The average molecular weight is 864 g/mol. The first-order valence-electron chi connectivity index (χ1n) is 23.1. The van der Waals surface area contributed by atoms with Crippen LogP contribution in [0.25, 0.3) is 0 Å². The fourth-order valence-electron chi connectivity index (χ4n) is 9.28. The molecular weight excluding hydrogens is 784 g/mol. The Morgan fingerprint density at radius 2 is 1.33 bits per heavy atom. The van der Waals surface area contributed by atoms with Crippen LogP contribution in [0.4, 0.5) is 0 Å². The molecule has 0 bridgehead atoms. The van der Waals surface area contributed by atoms with Crippen molar-refractivity contribution in [3.63, 3.8) is 0 Å². The first kappa shape index (κ1) is 52.0. The standard InChI is InChI=1S/C26H40O5.C23H39ClO5/c1-19(2)31-26(30)13-9-4-3-8-12-22-23(25(29)18-24(22)28)17-16-21(27)15-14-20-10-6-5-7-11-20;1-16(2)29-23(27)15-28-13-7-6-10-18-19(22(26)14-20(18)24)11-12-21(25)17-8-4-3-5-9-17/h3,5-8,10-11,19,21-25,27-29H,4,9,12-18H2,1-2H3;6-7,16-22,25-26H,3-5,8-15H2,1-2H3/b8-3-;7-6-/t21-,22+,23+,24-,25+;18-,19-,20-,21-,22-/m01/s1. The number of hydrogen-bond acceptors (Lipinski definition) is 10. The van der Waals surface area contributed by atoms with E-state index in [1.54, 1.807) is 13.8 Å². The Balaban J connectivity index is 0.000000321. The van der Waals surface area contributed by atoms with Crippen LogP contribution in [-0.2, 0) is 30.2 Å². The van der Waals surface area contributed by atoms with E-state index in [0.29, 0.717) is 57.5 Å². The number of aliphatic hydroxyl groups excluding tert-OH is 5. The highest BCUT2D eigenvalue weighted by Gasteiger charge is 2.42. The number of unbranched alkanes of at least 4 members (excludes halogenated alkanes) is 1. The van der Waals surface area contributed by atoms with Gasteiger partial charge in [-0.1, -0.05) is 73.9 Å². The maximum atomic E-state index is 11.5. The molecule has 0 radical (unpaired) electrons. The number of ether oxygens (including phenoxy) is 3. The quantitative estimate of drug-likeness (QED) is 0.0295. The van der Waals surface area contributed by atoms with Gasteiger partial charge in [0.25, 0.3) is 0 Å². The minimum Gasteiger partial charge on any atom is -0.463 e. The predicted octanol–water partition coefficient (Wildman–Crippen LogP) is 8.41. The van der Waals surface area contributed by atoms with Gasteiger partial charge in [0, 0.05) is 11.8 Å². The molecule has 3 saturated carbocycles. The molecule has 0 saturated heterocycles. The van der Waals surface area contributed by atoms with Crippen LogP contribution in [0.3, 0.4) is 0 Å². The van der Waals surface area contributed by atoms with Gasteiger partial charge in [0.2, 0.25) is 0 Å². The highest BCUT2D eigenvalue weighted by molar-refractivity contribution is 6.21. The molecule has 60 heavy (non-hydrogen) atoms. The van der Waals surface area contributed by atoms with Crippen LogP contribution in [0.5, 0.6) is 0 Å². The van der Waals surface area contributed by atoms with Crippen LogP contribution >= 0.6 is 11.6 Å². The summed E-state index contributed by atoms with van der Waals surface area (Å²) >= 11 is 6.51. The van der Waals surface area contributed by atoms with Gasteiger partial charge in [0.05, 0.1) is 49.3 Å². The van der Waals surface area contributed by atoms with Gasteiger partial charge in [-0.2, -0.15) is 0 Å². The molecule has 1 aromatic rings. The molecule has 0 amide bonds. The van der Waals surface area contributed by atoms with E-state index in [1.807, 2.05) is 50.3 Å². The molecule has 1 aromatic carbocycles. The Labute approximate surface area is 366 Å². The van der Waals surface area contributed by atoms with Gasteiger partial charge < -0.3 is 39.7 Å². The summed E-state index contributed by atoms with van der Waals surface area (Å²) in [4.78, 5) is 23.0. The SMILES string of the molecule is CC(C)OC(=O)CCC/C=C\C[C@@H]1[C@@H](CC[C@@H](O)CCc2ccccc2)[C@H](O)C[C@@H]1O.CC(C)OC(=O)COC/C=C\C[C@@H]1[C@@H](CC[C@@H](O)C2CCCCC2)[C@H](O)C[C@H]1Cl. The fourth-order valence-corrected chi connectivity index (χ4v) is 9.75. The largest absolute Gasteiger partial charge is 0.463 e. The highest BCUT2D eigenvalue weighted by atomic mass is 35.5. The van der Waals surface area contributed by atoms with Gasteiger partial charge in [0.15, 0.2) is 0 Å². The number of alkyl halides is 1. The summed E-state index contributed by atoms with van der Waals surface area (Å²) < 4.78 is 15.4. The van der Waals surface area contributed by atoms with Gasteiger partial charge >= 0.3 is 11.9 Å². The lowest BCUT2D eigenvalue weighted by atomic mass is 9.81. The number of carbonyl (C=O) groups excluding carboxylic acids is 2. The lowest BCUT2D eigenvalue weighted by Gasteiger charge is -2.29. The van der Waals surface area contributed by atoms with Gasteiger partial charge in [-0.25, -0.2) is 4.79 Å². The zero-order valence-corrected chi connectivity index (χ0v) is 37.8. The fraction of sp³-hybridized carbons (Fsp3) is 0.755. The molecule has 0 aromatic heterocycles. The predicted molar refractivity (Wildman–Crippen MR) is 237 cm³/mol. The Morgan fingerprint density at radius 1 is 0.733 bits per heavy atom. The first-order valence-corrected chi connectivity index (χ1v) is 23.5. The molecule has 11 heteroatoms. The number of rotatable bonds is 24. The number of aryl methyl sites for hydroxylation is 1. The van der Waals surface area contributed by atoms with Crippen LogP contribution in [0.15, 0.2) is 54.6 Å². The van der Waals surface area contributed by atoms with Gasteiger partial charge in [0.1, 0.15) is 6.61 Å². The monoisotopic (exact) mass is 863 g/mol. The van der Waals surface area contributed by atoms with Crippen molar-refractivity contribution < 1.29 is 49.3 Å². The Hall–Kier alpha value is -2.31. The average Bonchev–Trinajstić information content (AvgIpc) is 3.64. The highest BCUT2D eigenvalue weighted by Crippen LogP contribution is 2.42. The van der Waals surface area contributed by atoms with Crippen LogP contribution in [0, 0.1) is 29.6 Å². The van der Waals surface area contributed by atoms with E-state index >= 15 is 0 Å². The molecule has 3 aliphatic carbocycles. The number of benzene rings is 1. The minimum absolute atomic E-state index is 0.00652. The van der Waals surface area contributed by atoms with Crippen molar-refractivity contribution in [1.82, 2.24) is 0 Å². The molecular formula is C49H79ClO10. The van der Waals surface area contributed by atoms with Crippen molar-refractivity contribution in [2.75, 3.05) is 13.2 Å². The summed E-state index contributed by atoms with van der Waals surface area (Å²) in [5.74, 6) is 0.251. The van der Waals surface area contributed by atoms with Crippen molar-refractivity contribution in [2.45, 2.75) is 191 Å². The van der Waals surface area contributed by atoms with Crippen molar-refractivity contribution in [2.24, 2.45) is 29.6 Å². The third kappa shape index (κ3) is 20.3. The van der Waals surface area contributed by atoms with Crippen LogP contribution < -0.4 is 0 Å². The molecule has 0 spiro atoms. The zero-order valence-electron chi connectivity index (χ0n) is 37.0. The van der Waals surface area contributed by atoms with Gasteiger partial charge in [-0.15, -0.1) is 11.6 Å². The van der Waals surface area contributed by atoms with Crippen LogP contribution in [-0.4, -0.2) is 98.8 Å². The first-order chi connectivity index (χ1) is 28.7. The van der Waals surface area contributed by atoms with Gasteiger partial charge in [-0.3, -0.25) is 4.79 Å². The lowest BCUT2D eigenvalue weighted by molar-refractivity contribution is -0.152. The summed E-state index contributed by atoms with van der Waals surface area (Å²) in [5.41, 5.74) is 1.22. The van der Waals surface area contributed by atoms with E-state index in [1.165, 1.54) is 24.8 Å². The normalized spacial score (nSPS) is 27.1. The number of allylic oxidation sites excluding steroid dienone is 3. The Bertz CT molecular complexity index is 1360. The smallest absolute Gasteiger partial charge is 0.332 e. The molecule has 0 unspecified atom stereocenters. The Morgan fingerprint density at radius 3 is 2.03 bits per heavy atom. The zero-order chi connectivity index (χ0) is 43.9. The van der Waals surface area contributed by atoms with E-state index < -0.39 is 24.4 Å². The van der Waals surface area contributed by atoms with E-state index in [9.17, 15) is 35.1 Å². The molecule has 10 atom stereocenters. The van der Waals surface area contributed by atoms with E-state index in [4.69, 9.17) is 25.8 Å². The molecule has 3 aliphatic rings. The number of carbonyl (C=O) groups is 2. The van der Waals surface area contributed by atoms with E-state index in [-0.39, 0.29) is 65.9 Å². The molecule has 3 fully saturated rings. The molecule has 10 nitrogen and oxygen atoms in total. The van der Waals surface area contributed by atoms with Crippen LogP contribution in [0.1, 0.15) is 142 Å². The summed E-state index contributed by atoms with van der Waals surface area (Å²) in [5, 5.41) is 52.2. The molecule has 5 N–H and O–H groups in total. The second kappa shape index (κ2) is 29.1. The number of halogens is 1. The number of aliphatic hydroxyl groups is 5. The van der Waals surface area contributed by atoms with Crippen molar-refractivity contribution in [1.29, 1.82) is 0 Å². The van der Waals surface area contributed by atoms with E-state index in [2.05, 4.69) is 18.2 Å². The van der Waals surface area contributed by atoms with E-state index in [0.717, 1.165) is 51.4 Å². The Kier molecular flexibility index (Phi) is 25.3. The molecule has 342 valence electrons. The third-order valence-electron chi connectivity index (χ3n) is 12.5. The molecule has 0 aliphatic heterocycles.